The van der Waals surface area contributed by atoms with Crippen LogP contribution in [0.3, 0.4) is 0 Å². The molecule has 1 amide bonds. The van der Waals surface area contributed by atoms with E-state index in [1.54, 1.807) is 0 Å². The van der Waals surface area contributed by atoms with Crippen molar-refractivity contribution in [3.05, 3.63) is 24.1 Å². The summed E-state index contributed by atoms with van der Waals surface area (Å²) in [6, 6.07) is 2.68. The molecule has 1 heterocycles. The number of hydrogen-bond acceptors (Lipinski definition) is 3. The van der Waals surface area contributed by atoms with Gasteiger partial charge in [-0.1, -0.05) is 20.8 Å². The lowest BCUT2D eigenvalue weighted by molar-refractivity contribution is -0.120. The second-order valence-electron chi connectivity index (χ2n) is 5.55. The van der Waals surface area contributed by atoms with Gasteiger partial charge < -0.3 is 11.1 Å². The molecule has 1 atom stereocenters. The van der Waals surface area contributed by atoms with Gasteiger partial charge in [-0.2, -0.15) is 0 Å². The molecule has 0 aliphatic carbocycles. The van der Waals surface area contributed by atoms with Crippen molar-refractivity contribution in [3.63, 3.8) is 0 Å². The molecule has 3 N–H and O–H groups in total. The number of halogens is 1. The molecule has 1 aromatic heterocycles. The fourth-order valence-corrected chi connectivity index (χ4v) is 1.70. The summed E-state index contributed by atoms with van der Waals surface area (Å²) in [6.07, 6.45) is 1.76. The highest BCUT2D eigenvalue weighted by Gasteiger charge is 2.23. The van der Waals surface area contributed by atoms with Crippen LogP contribution >= 0.6 is 0 Å². The zero-order valence-electron chi connectivity index (χ0n) is 11.0. The van der Waals surface area contributed by atoms with Crippen LogP contribution in [0, 0.1) is 17.2 Å². The molecule has 0 radical (unpaired) electrons. The zero-order chi connectivity index (χ0) is 13.8. The Kier molecular flexibility index (Phi) is 4.78. The Hall–Kier alpha value is -1.49. The van der Waals surface area contributed by atoms with E-state index < -0.39 is 5.82 Å². The standard InChI is InChI=1S/C13H20FN3O/c1-13(2,3)6-9(7-15)12(18)17-11-5-4-10(14)8-16-11/h4-5,8-9H,6-7,15H2,1-3H3,(H,16,17,18). The summed E-state index contributed by atoms with van der Waals surface area (Å²) >= 11 is 0. The van der Waals surface area contributed by atoms with E-state index in [0.29, 0.717) is 12.2 Å². The summed E-state index contributed by atoms with van der Waals surface area (Å²) in [5, 5.41) is 2.65. The molecule has 0 fully saturated rings. The first-order valence-corrected chi connectivity index (χ1v) is 5.94. The van der Waals surface area contributed by atoms with Crippen molar-refractivity contribution in [2.45, 2.75) is 27.2 Å². The van der Waals surface area contributed by atoms with E-state index in [-0.39, 0.29) is 23.8 Å². The Bertz CT molecular complexity index is 398. The molecular weight excluding hydrogens is 233 g/mol. The molecule has 0 aromatic carbocycles. The lowest BCUT2D eigenvalue weighted by Crippen LogP contribution is -2.32. The minimum absolute atomic E-state index is 0.0254. The van der Waals surface area contributed by atoms with Crippen LogP contribution in [0.2, 0.25) is 0 Å². The van der Waals surface area contributed by atoms with E-state index in [2.05, 4.69) is 31.1 Å². The number of carbonyl (C=O) groups is 1. The second-order valence-corrected chi connectivity index (χ2v) is 5.55. The summed E-state index contributed by atoms with van der Waals surface area (Å²) in [5.74, 6) is -0.532. The maximum absolute atomic E-state index is 12.7. The van der Waals surface area contributed by atoms with Crippen molar-refractivity contribution < 1.29 is 9.18 Å². The number of nitrogens with zero attached hydrogens (tertiary/aromatic N) is 1. The Morgan fingerprint density at radius 3 is 2.61 bits per heavy atom. The molecule has 0 aliphatic rings. The normalized spacial score (nSPS) is 13.2. The Labute approximate surface area is 107 Å². The van der Waals surface area contributed by atoms with Gasteiger partial charge in [0.05, 0.1) is 12.1 Å². The van der Waals surface area contributed by atoms with Crippen molar-refractivity contribution >= 4 is 11.7 Å². The van der Waals surface area contributed by atoms with Crippen LogP contribution in [-0.2, 0) is 4.79 Å². The lowest BCUT2D eigenvalue weighted by Gasteiger charge is -2.24. The number of nitrogens with one attached hydrogen (secondary N) is 1. The van der Waals surface area contributed by atoms with Crippen LogP contribution in [0.15, 0.2) is 18.3 Å². The number of amides is 1. The highest BCUT2D eigenvalue weighted by molar-refractivity contribution is 5.91. The molecule has 1 rings (SSSR count). The molecular formula is C13H20FN3O. The van der Waals surface area contributed by atoms with Gasteiger partial charge >= 0.3 is 0 Å². The SMILES string of the molecule is CC(C)(C)CC(CN)C(=O)Nc1ccc(F)cn1. The molecule has 4 nitrogen and oxygen atoms in total. The smallest absolute Gasteiger partial charge is 0.229 e. The van der Waals surface area contributed by atoms with E-state index in [1.165, 1.54) is 12.1 Å². The molecule has 0 saturated carbocycles. The molecule has 0 aliphatic heterocycles. The average Bonchev–Trinajstić information content (AvgIpc) is 2.27. The van der Waals surface area contributed by atoms with Gasteiger partial charge in [0.25, 0.3) is 0 Å². The van der Waals surface area contributed by atoms with E-state index in [0.717, 1.165) is 6.20 Å². The quantitative estimate of drug-likeness (QED) is 0.864. The third kappa shape index (κ3) is 4.79. The Balaban J connectivity index is 2.65. The first-order chi connectivity index (χ1) is 8.31. The van der Waals surface area contributed by atoms with Crippen molar-refractivity contribution in [2.75, 3.05) is 11.9 Å². The third-order valence-corrected chi connectivity index (χ3v) is 2.49. The third-order valence-electron chi connectivity index (χ3n) is 2.49. The van der Waals surface area contributed by atoms with Gasteiger partial charge in [0.15, 0.2) is 0 Å². The molecule has 1 aromatic rings. The number of nitrogens with two attached hydrogens (primary N) is 1. The fourth-order valence-electron chi connectivity index (χ4n) is 1.70. The molecule has 0 bridgehead atoms. The maximum Gasteiger partial charge on any atom is 0.229 e. The summed E-state index contributed by atoms with van der Waals surface area (Å²) in [6.45, 7) is 6.45. The van der Waals surface area contributed by atoms with Crippen LogP contribution in [0.25, 0.3) is 0 Å². The first kappa shape index (κ1) is 14.6. The summed E-state index contributed by atoms with van der Waals surface area (Å²) in [7, 11) is 0. The fraction of sp³-hybridized carbons (Fsp3) is 0.538. The average molecular weight is 253 g/mol. The number of carbonyl (C=O) groups excluding carboxylic acids is 1. The van der Waals surface area contributed by atoms with E-state index >= 15 is 0 Å². The monoisotopic (exact) mass is 253 g/mol. The minimum Gasteiger partial charge on any atom is -0.330 e. The van der Waals surface area contributed by atoms with E-state index in [4.69, 9.17) is 5.73 Å². The number of rotatable bonds is 4. The lowest BCUT2D eigenvalue weighted by atomic mass is 9.84. The summed E-state index contributed by atoms with van der Waals surface area (Å²) in [4.78, 5) is 15.8. The van der Waals surface area contributed by atoms with Crippen LogP contribution in [0.5, 0.6) is 0 Å². The van der Waals surface area contributed by atoms with E-state index in [9.17, 15) is 9.18 Å². The summed E-state index contributed by atoms with van der Waals surface area (Å²) in [5.41, 5.74) is 5.64. The topological polar surface area (TPSA) is 68.0 Å². The van der Waals surface area contributed by atoms with Gasteiger partial charge in [0, 0.05) is 6.54 Å². The van der Waals surface area contributed by atoms with Gasteiger partial charge in [0.2, 0.25) is 5.91 Å². The van der Waals surface area contributed by atoms with Crippen LogP contribution in [-0.4, -0.2) is 17.4 Å². The first-order valence-electron chi connectivity index (χ1n) is 5.94. The molecule has 0 saturated heterocycles. The number of anilines is 1. The molecule has 100 valence electrons. The predicted molar refractivity (Wildman–Crippen MR) is 69.4 cm³/mol. The van der Waals surface area contributed by atoms with Gasteiger partial charge in [-0.3, -0.25) is 4.79 Å². The van der Waals surface area contributed by atoms with Gasteiger partial charge in [0.1, 0.15) is 11.6 Å². The number of pyridine rings is 1. The highest BCUT2D eigenvalue weighted by Crippen LogP contribution is 2.24. The highest BCUT2D eigenvalue weighted by atomic mass is 19.1. The maximum atomic E-state index is 12.7. The Morgan fingerprint density at radius 2 is 2.17 bits per heavy atom. The van der Waals surface area contributed by atoms with Gasteiger partial charge in [-0.05, 0) is 24.0 Å². The molecule has 5 heteroatoms. The van der Waals surface area contributed by atoms with Gasteiger partial charge in [-0.25, -0.2) is 9.37 Å². The minimum atomic E-state index is -0.432. The molecule has 0 spiro atoms. The van der Waals surface area contributed by atoms with Crippen molar-refractivity contribution in [3.8, 4) is 0 Å². The van der Waals surface area contributed by atoms with E-state index in [1.807, 2.05) is 0 Å². The molecule has 1 unspecified atom stereocenters. The largest absolute Gasteiger partial charge is 0.330 e. The van der Waals surface area contributed by atoms with Crippen LogP contribution < -0.4 is 11.1 Å². The summed E-state index contributed by atoms with van der Waals surface area (Å²) < 4.78 is 12.7. The number of hydrogen-bond donors (Lipinski definition) is 2. The Morgan fingerprint density at radius 1 is 1.50 bits per heavy atom. The number of aromatic nitrogens is 1. The van der Waals surface area contributed by atoms with Crippen molar-refractivity contribution in [1.82, 2.24) is 4.98 Å². The van der Waals surface area contributed by atoms with Crippen LogP contribution in [0.4, 0.5) is 10.2 Å². The predicted octanol–water partition coefficient (Wildman–Crippen LogP) is 2.17. The zero-order valence-corrected chi connectivity index (χ0v) is 11.0. The van der Waals surface area contributed by atoms with Crippen molar-refractivity contribution in [1.29, 1.82) is 0 Å². The molecule has 18 heavy (non-hydrogen) atoms. The van der Waals surface area contributed by atoms with Crippen LogP contribution in [0.1, 0.15) is 27.2 Å². The van der Waals surface area contributed by atoms with Gasteiger partial charge in [-0.15, -0.1) is 0 Å². The van der Waals surface area contributed by atoms with Crippen molar-refractivity contribution in [2.24, 2.45) is 17.1 Å². The second kappa shape index (κ2) is 5.91.